The SMILES string of the molecule is CC[C@@H]1CN(Cc2cccc(-c3cccc(-n4ncc(C(=O)OC)c4C4CC4c4cn(C)nn4)c3)c2)Cc2ccccc2O1. The standard InChI is InChI=1S/C35H36N6O3/c1-4-28-21-40(20-26-10-5-6-14-33(26)44-28)19-23-9-7-11-24(15-23)25-12-8-13-27(16-25)41-34(31(18-36-41)35(42)43-3)30-17-29(30)32-22-39(2)38-37-32/h5-16,18,22,28-30H,4,17,19-21H2,1-3H3/t28-,29?,30?/m1/s1. The largest absolute Gasteiger partial charge is 0.489 e. The van der Waals surface area contributed by atoms with Crippen LogP contribution >= 0.6 is 0 Å². The van der Waals surface area contributed by atoms with Crippen LogP contribution in [0.2, 0.25) is 0 Å². The smallest absolute Gasteiger partial charge is 0.341 e. The van der Waals surface area contributed by atoms with E-state index in [0.717, 1.165) is 66.4 Å². The van der Waals surface area contributed by atoms with Crippen LogP contribution in [0.15, 0.2) is 85.2 Å². The summed E-state index contributed by atoms with van der Waals surface area (Å²) in [5.41, 5.74) is 7.87. The van der Waals surface area contributed by atoms with Crippen LogP contribution < -0.4 is 4.74 Å². The highest BCUT2D eigenvalue weighted by Gasteiger charge is 2.46. The van der Waals surface area contributed by atoms with Gasteiger partial charge in [0.25, 0.3) is 0 Å². The number of hydrogen-bond donors (Lipinski definition) is 0. The van der Waals surface area contributed by atoms with Gasteiger partial charge in [-0.25, -0.2) is 9.48 Å². The maximum atomic E-state index is 12.8. The molecule has 3 atom stereocenters. The van der Waals surface area contributed by atoms with E-state index in [1.165, 1.54) is 18.2 Å². The van der Waals surface area contributed by atoms with Gasteiger partial charge in [0.05, 0.1) is 30.4 Å². The maximum Gasteiger partial charge on any atom is 0.341 e. The van der Waals surface area contributed by atoms with E-state index in [1.54, 1.807) is 10.9 Å². The molecule has 7 rings (SSSR count). The average Bonchev–Trinajstić information content (AvgIpc) is 3.57. The lowest BCUT2D eigenvalue weighted by Crippen LogP contribution is -2.32. The molecule has 9 nitrogen and oxygen atoms in total. The molecule has 3 aromatic carbocycles. The van der Waals surface area contributed by atoms with Crippen LogP contribution in [0.3, 0.4) is 0 Å². The van der Waals surface area contributed by atoms with E-state index in [-0.39, 0.29) is 23.9 Å². The van der Waals surface area contributed by atoms with Crippen molar-refractivity contribution in [1.29, 1.82) is 0 Å². The van der Waals surface area contributed by atoms with Gasteiger partial charge in [-0.05, 0) is 53.8 Å². The Labute approximate surface area is 257 Å². The van der Waals surface area contributed by atoms with Crippen LogP contribution in [-0.4, -0.2) is 55.4 Å². The van der Waals surface area contributed by atoms with Gasteiger partial charge in [0.1, 0.15) is 17.4 Å². The third kappa shape index (κ3) is 5.51. The molecule has 0 N–H and O–H groups in total. The summed E-state index contributed by atoms with van der Waals surface area (Å²) in [4.78, 5) is 15.2. The molecule has 2 unspecified atom stereocenters. The van der Waals surface area contributed by atoms with Crippen LogP contribution in [0.25, 0.3) is 16.8 Å². The molecule has 0 saturated heterocycles. The molecule has 0 radical (unpaired) electrons. The number of para-hydroxylation sites is 1. The fraction of sp³-hybridized carbons (Fsp3) is 0.314. The molecule has 0 spiro atoms. The summed E-state index contributed by atoms with van der Waals surface area (Å²) >= 11 is 0. The summed E-state index contributed by atoms with van der Waals surface area (Å²) in [7, 11) is 3.27. The number of rotatable bonds is 8. The van der Waals surface area contributed by atoms with Gasteiger partial charge in [0.2, 0.25) is 0 Å². The molecule has 2 aromatic heterocycles. The van der Waals surface area contributed by atoms with Crippen molar-refractivity contribution in [3.63, 3.8) is 0 Å². The van der Waals surface area contributed by atoms with Crippen molar-refractivity contribution >= 4 is 5.97 Å². The molecule has 3 heterocycles. The van der Waals surface area contributed by atoms with Crippen molar-refractivity contribution in [3.05, 3.63) is 113 Å². The van der Waals surface area contributed by atoms with E-state index < -0.39 is 0 Å². The highest BCUT2D eigenvalue weighted by atomic mass is 16.5. The summed E-state index contributed by atoms with van der Waals surface area (Å²) in [5.74, 6) is 0.901. The molecule has 5 aromatic rings. The number of carbonyl (C=O) groups is 1. The molecule has 1 aliphatic carbocycles. The molecule has 1 aliphatic heterocycles. The Morgan fingerprint density at radius 3 is 2.64 bits per heavy atom. The third-order valence-corrected chi connectivity index (χ3v) is 8.69. The van der Waals surface area contributed by atoms with Crippen molar-refractivity contribution in [2.45, 2.75) is 50.8 Å². The lowest BCUT2D eigenvalue weighted by molar-refractivity contribution is 0.0599. The minimum absolute atomic E-state index is 0.102. The fourth-order valence-corrected chi connectivity index (χ4v) is 6.36. The monoisotopic (exact) mass is 588 g/mol. The Morgan fingerprint density at radius 1 is 1.02 bits per heavy atom. The van der Waals surface area contributed by atoms with Crippen LogP contribution in [0.4, 0.5) is 0 Å². The molecule has 1 fully saturated rings. The Balaban J connectivity index is 1.17. The average molecular weight is 589 g/mol. The van der Waals surface area contributed by atoms with E-state index in [4.69, 9.17) is 9.47 Å². The second kappa shape index (κ2) is 11.7. The van der Waals surface area contributed by atoms with Crippen molar-refractivity contribution in [2.24, 2.45) is 7.05 Å². The van der Waals surface area contributed by atoms with Crippen LogP contribution in [-0.2, 0) is 24.9 Å². The first-order valence-corrected chi connectivity index (χ1v) is 15.2. The molecule has 0 amide bonds. The van der Waals surface area contributed by atoms with Gasteiger partial charge in [-0.3, -0.25) is 9.58 Å². The zero-order chi connectivity index (χ0) is 30.2. The van der Waals surface area contributed by atoms with E-state index in [2.05, 4.69) is 81.8 Å². The first-order chi connectivity index (χ1) is 21.5. The maximum absolute atomic E-state index is 12.8. The Morgan fingerprint density at radius 2 is 1.84 bits per heavy atom. The van der Waals surface area contributed by atoms with Gasteiger partial charge >= 0.3 is 5.97 Å². The lowest BCUT2D eigenvalue weighted by atomic mass is 10.0. The number of aromatic nitrogens is 5. The third-order valence-electron chi connectivity index (χ3n) is 8.69. The van der Waals surface area contributed by atoms with Gasteiger partial charge in [-0.15, -0.1) is 5.10 Å². The molecule has 1 saturated carbocycles. The number of benzene rings is 3. The number of aryl methyl sites for hydroxylation is 1. The molecule has 2 aliphatic rings. The minimum Gasteiger partial charge on any atom is -0.489 e. The number of esters is 1. The number of carbonyl (C=O) groups excluding carboxylic acids is 1. The molecule has 44 heavy (non-hydrogen) atoms. The van der Waals surface area contributed by atoms with Gasteiger partial charge < -0.3 is 9.47 Å². The van der Waals surface area contributed by atoms with Crippen molar-refractivity contribution in [3.8, 4) is 22.6 Å². The van der Waals surface area contributed by atoms with Crippen LogP contribution in [0.5, 0.6) is 5.75 Å². The zero-order valence-corrected chi connectivity index (χ0v) is 25.3. The van der Waals surface area contributed by atoms with Gasteiger partial charge in [-0.1, -0.05) is 60.7 Å². The predicted octanol–water partition coefficient (Wildman–Crippen LogP) is 5.90. The van der Waals surface area contributed by atoms with E-state index in [1.807, 2.05) is 36.1 Å². The van der Waals surface area contributed by atoms with Gasteiger partial charge in [0.15, 0.2) is 0 Å². The summed E-state index contributed by atoms with van der Waals surface area (Å²) < 4.78 is 15.0. The predicted molar refractivity (Wildman–Crippen MR) is 167 cm³/mol. The van der Waals surface area contributed by atoms with Crippen LogP contribution in [0.1, 0.15) is 64.5 Å². The molecule has 0 bridgehead atoms. The first-order valence-electron chi connectivity index (χ1n) is 15.2. The Kier molecular flexibility index (Phi) is 7.47. The molecular weight excluding hydrogens is 552 g/mol. The minimum atomic E-state index is -0.383. The second-order valence-electron chi connectivity index (χ2n) is 11.8. The normalized spacial score (nSPS) is 19.6. The Bertz CT molecular complexity index is 1810. The molecule has 9 heteroatoms. The van der Waals surface area contributed by atoms with E-state index >= 15 is 0 Å². The quantitative estimate of drug-likeness (QED) is 0.209. The highest BCUT2D eigenvalue weighted by molar-refractivity contribution is 5.91. The van der Waals surface area contributed by atoms with Gasteiger partial charge in [-0.2, -0.15) is 5.10 Å². The van der Waals surface area contributed by atoms with Crippen molar-refractivity contribution < 1.29 is 14.3 Å². The number of hydrogen-bond acceptors (Lipinski definition) is 7. The summed E-state index contributed by atoms with van der Waals surface area (Å²) in [6.07, 6.45) is 5.56. The second-order valence-corrected chi connectivity index (χ2v) is 11.8. The number of nitrogens with zero attached hydrogens (tertiary/aromatic N) is 6. The lowest BCUT2D eigenvalue weighted by Gasteiger charge is -2.23. The van der Waals surface area contributed by atoms with Gasteiger partial charge in [0, 0.05) is 50.3 Å². The molecule has 224 valence electrons. The highest BCUT2D eigenvalue weighted by Crippen LogP contribution is 2.55. The first kappa shape index (κ1) is 28.0. The van der Waals surface area contributed by atoms with Crippen molar-refractivity contribution in [2.75, 3.05) is 13.7 Å². The van der Waals surface area contributed by atoms with E-state index in [0.29, 0.717) is 5.56 Å². The van der Waals surface area contributed by atoms with E-state index in [9.17, 15) is 4.79 Å². The fourth-order valence-electron chi connectivity index (χ4n) is 6.36. The summed E-state index contributed by atoms with van der Waals surface area (Å²) in [6.45, 7) is 4.75. The van der Waals surface area contributed by atoms with Crippen LogP contribution in [0, 0.1) is 0 Å². The number of fused-ring (bicyclic) bond motifs is 1. The van der Waals surface area contributed by atoms with Crippen molar-refractivity contribution in [1.82, 2.24) is 29.7 Å². The zero-order valence-electron chi connectivity index (χ0n) is 25.3. The Hall–Kier alpha value is -4.76. The topological polar surface area (TPSA) is 87.3 Å². The number of methoxy groups -OCH3 is 1. The number of ether oxygens (including phenoxy) is 2. The summed E-state index contributed by atoms with van der Waals surface area (Å²) in [6, 6.07) is 25.4. The molecular formula is C35H36N6O3. The summed E-state index contributed by atoms with van der Waals surface area (Å²) in [5, 5.41) is 13.1.